The first-order valence-corrected chi connectivity index (χ1v) is 3.30. The Hall–Kier alpha value is -0.980. The molecule has 0 rings (SSSR count). The third kappa shape index (κ3) is 3.96. The molecule has 10 heavy (non-hydrogen) atoms. The quantitative estimate of drug-likeness (QED) is 0.581. The van der Waals surface area contributed by atoms with Gasteiger partial charge in [-0.25, -0.2) is 0 Å². The standard InChI is InChI=1S/C9H15N/c1-7(2)8(3)5-6-9(4)10/h5-6H,1,10H2,2-4H3/b8-5+,9-6+. The maximum atomic E-state index is 5.43. The Morgan fingerprint density at radius 1 is 1.20 bits per heavy atom. The summed E-state index contributed by atoms with van der Waals surface area (Å²) < 4.78 is 0. The zero-order chi connectivity index (χ0) is 8.15. The Morgan fingerprint density at radius 3 is 2.00 bits per heavy atom. The molecule has 0 atom stereocenters. The molecule has 2 N–H and O–H groups in total. The van der Waals surface area contributed by atoms with E-state index in [1.807, 2.05) is 32.9 Å². The molecule has 1 heteroatoms. The third-order valence-corrected chi connectivity index (χ3v) is 1.27. The summed E-state index contributed by atoms with van der Waals surface area (Å²) in [4.78, 5) is 0. The average Bonchev–Trinajstić information content (AvgIpc) is 1.82. The highest BCUT2D eigenvalue weighted by molar-refractivity contribution is 5.28. The predicted octanol–water partition coefficient (Wildman–Crippen LogP) is 2.37. The van der Waals surface area contributed by atoms with Gasteiger partial charge >= 0.3 is 0 Å². The molecule has 0 heterocycles. The molecule has 56 valence electrons. The van der Waals surface area contributed by atoms with E-state index < -0.39 is 0 Å². The monoisotopic (exact) mass is 137 g/mol. The van der Waals surface area contributed by atoms with Crippen molar-refractivity contribution in [3.05, 3.63) is 35.6 Å². The van der Waals surface area contributed by atoms with Gasteiger partial charge in [0.15, 0.2) is 0 Å². The first-order valence-electron chi connectivity index (χ1n) is 3.30. The van der Waals surface area contributed by atoms with Crippen molar-refractivity contribution in [2.45, 2.75) is 20.8 Å². The second-order valence-corrected chi connectivity index (χ2v) is 2.54. The highest BCUT2D eigenvalue weighted by Crippen LogP contribution is 2.04. The van der Waals surface area contributed by atoms with Crippen molar-refractivity contribution in [3.8, 4) is 0 Å². The van der Waals surface area contributed by atoms with Gasteiger partial charge in [0.2, 0.25) is 0 Å². The first-order chi connectivity index (χ1) is 4.54. The minimum absolute atomic E-state index is 0.820. The number of allylic oxidation sites excluding steroid dienone is 5. The van der Waals surface area contributed by atoms with Gasteiger partial charge in [0.05, 0.1) is 0 Å². The lowest BCUT2D eigenvalue weighted by Crippen LogP contribution is -1.88. The smallest absolute Gasteiger partial charge is 0.00489 e. The van der Waals surface area contributed by atoms with Crippen LogP contribution in [0.25, 0.3) is 0 Å². The Kier molecular flexibility index (Phi) is 3.55. The van der Waals surface area contributed by atoms with Crippen molar-refractivity contribution in [2.24, 2.45) is 5.73 Å². The van der Waals surface area contributed by atoms with Crippen molar-refractivity contribution in [3.63, 3.8) is 0 Å². The van der Waals surface area contributed by atoms with E-state index in [4.69, 9.17) is 5.73 Å². The fraction of sp³-hybridized carbons (Fsp3) is 0.333. The van der Waals surface area contributed by atoms with Gasteiger partial charge in [0.1, 0.15) is 0 Å². The molecule has 1 nitrogen and oxygen atoms in total. The van der Waals surface area contributed by atoms with Crippen molar-refractivity contribution in [2.75, 3.05) is 0 Å². The van der Waals surface area contributed by atoms with Crippen LogP contribution in [0.15, 0.2) is 35.6 Å². The average molecular weight is 137 g/mol. The van der Waals surface area contributed by atoms with E-state index in [2.05, 4.69) is 6.58 Å². The van der Waals surface area contributed by atoms with Gasteiger partial charge in [-0.2, -0.15) is 0 Å². The van der Waals surface area contributed by atoms with Crippen LogP contribution in [-0.2, 0) is 0 Å². The minimum atomic E-state index is 0.820. The molecular weight excluding hydrogens is 122 g/mol. The summed E-state index contributed by atoms with van der Waals surface area (Å²) in [6.07, 6.45) is 3.85. The van der Waals surface area contributed by atoms with E-state index >= 15 is 0 Å². The lowest BCUT2D eigenvalue weighted by Gasteiger charge is -1.94. The lowest BCUT2D eigenvalue weighted by molar-refractivity contribution is 1.30. The maximum absolute atomic E-state index is 5.43. The summed E-state index contributed by atoms with van der Waals surface area (Å²) in [5, 5.41) is 0. The number of hydrogen-bond acceptors (Lipinski definition) is 1. The van der Waals surface area contributed by atoms with Crippen molar-refractivity contribution < 1.29 is 0 Å². The van der Waals surface area contributed by atoms with Gasteiger partial charge < -0.3 is 5.73 Å². The molecule has 0 bridgehead atoms. The summed E-state index contributed by atoms with van der Waals surface area (Å²) in [7, 11) is 0. The van der Waals surface area contributed by atoms with Crippen LogP contribution in [0.2, 0.25) is 0 Å². The van der Waals surface area contributed by atoms with Gasteiger partial charge in [-0.3, -0.25) is 0 Å². The van der Waals surface area contributed by atoms with Crippen LogP contribution in [0.3, 0.4) is 0 Å². The molecule has 0 aromatic carbocycles. The topological polar surface area (TPSA) is 26.0 Å². The van der Waals surface area contributed by atoms with Gasteiger partial charge in [-0.15, -0.1) is 0 Å². The number of nitrogens with two attached hydrogens (primary N) is 1. The summed E-state index contributed by atoms with van der Waals surface area (Å²) in [5.41, 5.74) is 8.50. The molecule has 0 unspecified atom stereocenters. The fourth-order valence-electron chi connectivity index (χ4n) is 0.399. The summed E-state index contributed by atoms with van der Waals surface area (Å²) in [6, 6.07) is 0. The van der Waals surface area contributed by atoms with Crippen LogP contribution in [0.4, 0.5) is 0 Å². The maximum Gasteiger partial charge on any atom is 0.00489 e. The van der Waals surface area contributed by atoms with Crippen molar-refractivity contribution in [1.29, 1.82) is 0 Å². The molecule has 0 aliphatic heterocycles. The fourth-order valence-corrected chi connectivity index (χ4v) is 0.399. The van der Waals surface area contributed by atoms with E-state index in [0.717, 1.165) is 11.3 Å². The molecule has 0 saturated carbocycles. The van der Waals surface area contributed by atoms with Crippen molar-refractivity contribution in [1.82, 2.24) is 0 Å². The summed E-state index contributed by atoms with van der Waals surface area (Å²) >= 11 is 0. The summed E-state index contributed by atoms with van der Waals surface area (Å²) in [6.45, 7) is 9.65. The second-order valence-electron chi connectivity index (χ2n) is 2.54. The van der Waals surface area contributed by atoms with Gasteiger partial charge in [-0.1, -0.05) is 18.2 Å². The molecule has 0 amide bonds. The molecular formula is C9H15N. The predicted molar refractivity (Wildman–Crippen MR) is 46.5 cm³/mol. The molecule has 0 aliphatic rings. The molecule has 0 aromatic heterocycles. The molecule has 0 radical (unpaired) electrons. The van der Waals surface area contributed by atoms with Gasteiger partial charge in [-0.05, 0) is 32.4 Å². The van der Waals surface area contributed by atoms with E-state index in [9.17, 15) is 0 Å². The van der Waals surface area contributed by atoms with E-state index in [0.29, 0.717) is 0 Å². The molecule has 0 aliphatic carbocycles. The lowest BCUT2D eigenvalue weighted by atomic mass is 10.1. The largest absolute Gasteiger partial charge is 0.402 e. The zero-order valence-electron chi connectivity index (χ0n) is 6.94. The Balaban J connectivity index is 4.19. The molecule has 0 saturated heterocycles. The van der Waals surface area contributed by atoms with Gasteiger partial charge in [0, 0.05) is 5.70 Å². The minimum Gasteiger partial charge on any atom is -0.402 e. The van der Waals surface area contributed by atoms with Crippen LogP contribution in [0, 0.1) is 0 Å². The first kappa shape index (κ1) is 9.02. The Morgan fingerprint density at radius 2 is 1.70 bits per heavy atom. The van der Waals surface area contributed by atoms with Crippen LogP contribution < -0.4 is 5.73 Å². The number of rotatable bonds is 2. The Labute approximate surface area is 62.9 Å². The van der Waals surface area contributed by atoms with E-state index in [-0.39, 0.29) is 0 Å². The second kappa shape index (κ2) is 3.94. The van der Waals surface area contributed by atoms with Crippen LogP contribution >= 0.6 is 0 Å². The number of hydrogen-bond donors (Lipinski definition) is 1. The summed E-state index contributed by atoms with van der Waals surface area (Å²) in [5.74, 6) is 0. The normalized spacial score (nSPS) is 13.5. The molecule has 0 spiro atoms. The highest BCUT2D eigenvalue weighted by atomic mass is 14.5. The van der Waals surface area contributed by atoms with Crippen molar-refractivity contribution >= 4 is 0 Å². The Bertz CT molecular complexity index is 181. The molecule has 0 fully saturated rings. The van der Waals surface area contributed by atoms with E-state index in [1.54, 1.807) is 0 Å². The van der Waals surface area contributed by atoms with Crippen LogP contribution in [0.5, 0.6) is 0 Å². The van der Waals surface area contributed by atoms with Crippen LogP contribution in [-0.4, -0.2) is 0 Å². The highest BCUT2D eigenvalue weighted by Gasteiger charge is 1.84. The zero-order valence-corrected chi connectivity index (χ0v) is 6.94. The van der Waals surface area contributed by atoms with Crippen LogP contribution in [0.1, 0.15) is 20.8 Å². The SMILES string of the molecule is C=C(C)/C(C)=C/C=C(\C)N. The van der Waals surface area contributed by atoms with Gasteiger partial charge in [0.25, 0.3) is 0 Å². The third-order valence-electron chi connectivity index (χ3n) is 1.27. The molecule has 0 aromatic rings. The van der Waals surface area contributed by atoms with E-state index in [1.165, 1.54) is 5.57 Å².